The zero-order chi connectivity index (χ0) is 34.5. The molecule has 2 aliphatic heterocycles. The van der Waals surface area contributed by atoms with Crippen molar-refractivity contribution in [1.82, 2.24) is 26.2 Å². The van der Waals surface area contributed by atoms with Crippen molar-refractivity contribution in [2.24, 2.45) is 5.92 Å². The fraction of sp³-hybridized carbons (Fsp3) is 0.528. The molecule has 260 valence electrons. The van der Waals surface area contributed by atoms with E-state index in [9.17, 15) is 24.0 Å². The topological polar surface area (TPSA) is 158 Å². The Bertz CT molecular complexity index is 1380. The second-order valence-corrected chi connectivity index (χ2v) is 13.1. The first-order chi connectivity index (χ1) is 23.0. The summed E-state index contributed by atoms with van der Waals surface area (Å²) in [6, 6.07) is 16.2. The number of ether oxygens (including phenoxy) is 2. The monoisotopic (exact) mass is 663 g/mol. The van der Waals surface area contributed by atoms with Gasteiger partial charge in [0.2, 0.25) is 23.6 Å². The molecule has 0 aliphatic carbocycles. The van der Waals surface area contributed by atoms with Gasteiger partial charge in [0.1, 0.15) is 17.7 Å². The van der Waals surface area contributed by atoms with Gasteiger partial charge in [0.05, 0.1) is 39.0 Å². The molecule has 0 spiro atoms. The normalized spacial score (nSPS) is 19.4. The van der Waals surface area contributed by atoms with E-state index in [0.717, 1.165) is 11.1 Å². The highest BCUT2D eigenvalue weighted by atomic mass is 16.6. The van der Waals surface area contributed by atoms with Crippen LogP contribution in [0.1, 0.15) is 44.7 Å². The molecule has 12 nitrogen and oxygen atoms in total. The molecule has 2 aliphatic rings. The number of benzene rings is 2. The van der Waals surface area contributed by atoms with Crippen molar-refractivity contribution >= 4 is 29.4 Å². The first kappa shape index (κ1) is 36.7. The maximum atomic E-state index is 13.6. The number of epoxide rings is 1. The number of morpholine rings is 1. The van der Waals surface area contributed by atoms with Crippen LogP contribution in [-0.2, 0) is 46.3 Å². The van der Waals surface area contributed by atoms with Gasteiger partial charge in [0.15, 0.2) is 5.78 Å². The highest BCUT2D eigenvalue weighted by Crippen LogP contribution is 2.29. The number of nitrogens with zero attached hydrogens (tertiary/aromatic N) is 1. The summed E-state index contributed by atoms with van der Waals surface area (Å²) < 4.78 is 10.7. The van der Waals surface area contributed by atoms with E-state index in [2.05, 4.69) is 21.3 Å². The maximum absolute atomic E-state index is 13.6. The van der Waals surface area contributed by atoms with Crippen LogP contribution >= 0.6 is 0 Å². The van der Waals surface area contributed by atoms with Crippen molar-refractivity contribution in [3.63, 3.8) is 0 Å². The van der Waals surface area contributed by atoms with Gasteiger partial charge in [0.25, 0.3) is 0 Å². The Hall–Kier alpha value is -4.13. The molecule has 0 saturated carbocycles. The summed E-state index contributed by atoms with van der Waals surface area (Å²) in [5.74, 6) is -1.93. The standard InChI is InChI=1S/C36H49N5O7/c1-25(2)20-29(33(44)36(3)24-48-36)40-35(46)30(21-27-12-8-5-9-13-27)39-31(42)22-37-34(45)28(15-14-26-10-6-4-7-11-26)38-32(43)23-41-16-18-47-19-17-41/h4-13,25,28-30H,14-24H2,1-3H3,(H,37,45)(H,38,43)(H,39,42)(H,40,46)/t28-,29-,30-,36+/m0/s1. The van der Waals surface area contributed by atoms with E-state index in [-0.39, 0.29) is 30.6 Å². The number of ketones is 1. The lowest BCUT2D eigenvalue weighted by atomic mass is 9.93. The van der Waals surface area contributed by atoms with E-state index >= 15 is 0 Å². The van der Waals surface area contributed by atoms with Gasteiger partial charge in [0, 0.05) is 19.5 Å². The van der Waals surface area contributed by atoms with Crippen LogP contribution in [0.2, 0.25) is 0 Å². The summed E-state index contributed by atoms with van der Waals surface area (Å²) in [5, 5.41) is 11.1. The largest absolute Gasteiger partial charge is 0.379 e. The van der Waals surface area contributed by atoms with Crippen LogP contribution in [0.4, 0.5) is 0 Å². The van der Waals surface area contributed by atoms with Crippen LogP contribution < -0.4 is 21.3 Å². The molecule has 4 amide bonds. The lowest BCUT2D eigenvalue weighted by molar-refractivity contribution is -0.133. The summed E-state index contributed by atoms with van der Waals surface area (Å²) in [4.78, 5) is 68.2. The number of nitrogens with one attached hydrogen (secondary N) is 4. The zero-order valence-corrected chi connectivity index (χ0v) is 28.2. The van der Waals surface area contributed by atoms with Crippen LogP contribution in [-0.4, -0.2) is 104 Å². The van der Waals surface area contributed by atoms with Gasteiger partial charge in [-0.15, -0.1) is 0 Å². The van der Waals surface area contributed by atoms with E-state index in [1.54, 1.807) is 6.92 Å². The third kappa shape index (κ3) is 11.8. The van der Waals surface area contributed by atoms with Crippen LogP contribution in [0.15, 0.2) is 60.7 Å². The minimum atomic E-state index is -1.01. The lowest BCUT2D eigenvalue weighted by Crippen LogP contribution is -2.56. The fourth-order valence-electron chi connectivity index (χ4n) is 5.62. The van der Waals surface area contributed by atoms with Gasteiger partial charge in [-0.3, -0.25) is 28.9 Å². The SMILES string of the molecule is CC(C)C[C@H](NC(=O)[C@H](Cc1ccccc1)NC(=O)CNC(=O)[C@H](CCc1ccccc1)NC(=O)CN1CCOCC1)C(=O)[C@@]1(C)CO1. The second kappa shape index (κ2) is 17.9. The Balaban J connectivity index is 1.39. The number of carbonyl (C=O) groups is 5. The highest BCUT2D eigenvalue weighted by molar-refractivity contribution is 5.98. The Morgan fingerprint density at radius 3 is 2.00 bits per heavy atom. The van der Waals surface area contributed by atoms with E-state index in [1.807, 2.05) is 79.4 Å². The summed E-state index contributed by atoms with van der Waals surface area (Å²) in [6.07, 6.45) is 1.48. The average Bonchev–Trinajstić information content (AvgIpc) is 3.83. The minimum absolute atomic E-state index is 0.128. The third-order valence-corrected chi connectivity index (χ3v) is 8.48. The number of amides is 4. The molecule has 0 radical (unpaired) electrons. The zero-order valence-electron chi connectivity index (χ0n) is 28.2. The number of rotatable bonds is 18. The van der Waals surface area contributed by atoms with E-state index in [0.29, 0.717) is 52.2 Å². The molecule has 2 saturated heterocycles. The van der Waals surface area contributed by atoms with Crippen molar-refractivity contribution in [1.29, 1.82) is 0 Å². The maximum Gasteiger partial charge on any atom is 0.243 e. The second-order valence-electron chi connectivity index (χ2n) is 13.1. The molecule has 4 rings (SSSR count). The summed E-state index contributed by atoms with van der Waals surface area (Å²) in [6.45, 7) is 8.04. The van der Waals surface area contributed by atoms with Gasteiger partial charge in [-0.25, -0.2) is 0 Å². The van der Waals surface area contributed by atoms with Gasteiger partial charge >= 0.3 is 0 Å². The predicted molar refractivity (Wildman–Crippen MR) is 180 cm³/mol. The summed E-state index contributed by atoms with van der Waals surface area (Å²) in [5.41, 5.74) is 0.918. The van der Waals surface area contributed by atoms with Crippen molar-refractivity contribution in [2.75, 3.05) is 46.0 Å². The molecule has 2 aromatic carbocycles. The van der Waals surface area contributed by atoms with Gasteiger partial charge < -0.3 is 30.7 Å². The first-order valence-electron chi connectivity index (χ1n) is 16.8. The molecule has 48 heavy (non-hydrogen) atoms. The number of hydrogen-bond acceptors (Lipinski definition) is 8. The Kier molecular flexibility index (Phi) is 13.7. The van der Waals surface area contributed by atoms with E-state index in [4.69, 9.17) is 9.47 Å². The number of hydrogen-bond donors (Lipinski definition) is 4. The molecular weight excluding hydrogens is 614 g/mol. The molecule has 2 fully saturated rings. The van der Waals surface area contributed by atoms with Crippen LogP contribution in [0.25, 0.3) is 0 Å². The molecule has 2 aromatic rings. The smallest absolute Gasteiger partial charge is 0.243 e. The van der Waals surface area contributed by atoms with Crippen molar-refractivity contribution in [2.45, 2.75) is 70.2 Å². The number of carbonyl (C=O) groups excluding carboxylic acids is 5. The molecule has 4 N–H and O–H groups in total. The quantitative estimate of drug-likeness (QED) is 0.173. The Labute approximate surface area is 282 Å². The minimum Gasteiger partial charge on any atom is -0.379 e. The van der Waals surface area contributed by atoms with Gasteiger partial charge in [-0.1, -0.05) is 74.5 Å². The van der Waals surface area contributed by atoms with Crippen molar-refractivity contribution < 1.29 is 33.4 Å². The van der Waals surface area contributed by atoms with E-state index < -0.39 is 48.0 Å². The summed E-state index contributed by atoms with van der Waals surface area (Å²) >= 11 is 0. The predicted octanol–water partition coefficient (Wildman–Crippen LogP) is 1.17. The molecule has 0 unspecified atom stereocenters. The molecular formula is C36H49N5O7. The summed E-state index contributed by atoms with van der Waals surface area (Å²) in [7, 11) is 0. The van der Waals surface area contributed by atoms with Crippen molar-refractivity contribution in [3.05, 3.63) is 71.8 Å². The number of Topliss-reactive ketones (excluding diaryl/α,β-unsaturated/α-hetero) is 1. The fourth-order valence-corrected chi connectivity index (χ4v) is 5.62. The first-order valence-corrected chi connectivity index (χ1v) is 16.8. The van der Waals surface area contributed by atoms with Gasteiger partial charge in [-0.2, -0.15) is 0 Å². The average molecular weight is 664 g/mol. The Morgan fingerprint density at radius 1 is 0.792 bits per heavy atom. The van der Waals surface area contributed by atoms with Gasteiger partial charge in [-0.05, 0) is 43.2 Å². The number of aryl methyl sites for hydroxylation is 1. The Morgan fingerprint density at radius 2 is 1.40 bits per heavy atom. The molecule has 12 heteroatoms. The molecule has 2 heterocycles. The molecule has 4 atom stereocenters. The highest BCUT2D eigenvalue weighted by Gasteiger charge is 2.50. The van der Waals surface area contributed by atoms with Crippen LogP contribution in [0.5, 0.6) is 0 Å². The van der Waals surface area contributed by atoms with Crippen LogP contribution in [0, 0.1) is 5.92 Å². The van der Waals surface area contributed by atoms with Crippen molar-refractivity contribution in [3.8, 4) is 0 Å². The third-order valence-electron chi connectivity index (χ3n) is 8.48. The lowest BCUT2D eigenvalue weighted by Gasteiger charge is -2.27. The molecule has 0 aromatic heterocycles. The van der Waals surface area contributed by atoms with Crippen LogP contribution in [0.3, 0.4) is 0 Å². The molecule has 0 bridgehead atoms. The van der Waals surface area contributed by atoms with E-state index in [1.165, 1.54) is 0 Å².